The third-order valence-corrected chi connectivity index (χ3v) is 11.5. The fourth-order valence-corrected chi connectivity index (χ4v) is 8.29. The molecule has 1 aliphatic rings. The first-order valence-electron chi connectivity index (χ1n) is 12.9. The van der Waals surface area contributed by atoms with Gasteiger partial charge in [0.25, 0.3) is 10.0 Å². The molecule has 14 heteroatoms. The summed E-state index contributed by atoms with van der Waals surface area (Å²) in [5.74, 6) is 0.338. The molecule has 4 rings (SSSR count). The molecule has 40 heavy (non-hydrogen) atoms. The minimum atomic E-state index is -4.08. The van der Waals surface area contributed by atoms with Crippen LogP contribution in [0.2, 0.25) is 10.0 Å². The van der Waals surface area contributed by atoms with E-state index in [4.69, 9.17) is 23.2 Å². The molecule has 1 fully saturated rings. The fraction of sp³-hybridized carbons (Fsp3) is 0.385. The van der Waals surface area contributed by atoms with E-state index in [1.165, 1.54) is 36.2 Å². The quantitative estimate of drug-likeness (QED) is 0.242. The van der Waals surface area contributed by atoms with Gasteiger partial charge in [0.1, 0.15) is 10.7 Å². The van der Waals surface area contributed by atoms with Crippen LogP contribution in [0.1, 0.15) is 46.0 Å². The molecule has 0 radical (unpaired) electrons. The molecule has 0 spiro atoms. The number of anilines is 2. The minimum absolute atomic E-state index is 0.0201. The van der Waals surface area contributed by atoms with Crippen molar-refractivity contribution in [3.63, 3.8) is 0 Å². The minimum Gasteiger partial charge on any atom is -0.366 e. The Hall–Kier alpha value is -2.09. The number of sulfonamides is 2. The fourth-order valence-electron chi connectivity index (χ4n) is 4.21. The number of hydrogen-bond donors (Lipinski definition) is 2. The lowest BCUT2D eigenvalue weighted by molar-refractivity contribution is 0.346. The molecule has 2 aromatic carbocycles. The highest BCUT2D eigenvalue weighted by Gasteiger charge is 2.26. The summed E-state index contributed by atoms with van der Waals surface area (Å²) in [6, 6.07) is 10.9. The van der Waals surface area contributed by atoms with E-state index in [9.17, 15) is 16.8 Å². The second kappa shape index (κ2) is 13.3. The van der Waals surface area contributed by atoms with Crippen molar-refractivity contribution < 1.29 is 16.8 Å². The van der Waals surface area contributed by atoms with Gasteiger partial charge in [-0.25, -0.2) is 26.5 Å². The number of halogens is 2. The summed E-state index contributed by atoms with van der Waals surface area (Å²) >= 11 is 13.4. The van der Waals surface area contributed by atoms with Crippen molar-refractivity contribution in [3.05, 3.63) is 58.7 Å². The van der Waals surface area contributed by atoms with Gasteiger partial charge in [0.2, 0.25) is 16.0 Å². The van der Waals surface area contributed by atoms with Gasteiger partial charge in [0.05, 0.1) is 14.8 Å². The number of nitrogens with zero attached hydrogens (tertiary/aromatic N) is 3. The average molecular weight is 645 g/mol. The van der Waals surface area contributed by atoms with Crippen molar-refractivity contribution >= 4 is 66.8 Å². The molecular formula is C26H31Cl2N5O4S3. The van der Waals surface area contributed by atoms with E-state index in [2.05, 4.69) is 20.0 Å². The summed E-state index contributed by atoms with van der Waals surface area (Å²) < 4.78 is 55.9. The molecule has 2 N–H and O–H groups in total. The Balaban J connectivity index is 1.59. The topological polar surface area (TPSA) is 121 Å². The number of aromatic nitrogens is 2. The zero-order valence-electron chi connectivity index (χ0n) is 22.1. The van der Waals surface area contributed by atoms with E-state index in [-0.39, 0.29) is 26.8 Å². The van der Waals surface area contributed by atoms with Gasteiger partial charge in [-0.1, -0.05) is 55.2 Å². The third kappa shape index (κ3) is 7.40. The first kappa shape index (κ1) is 30.9. The summed E-state index contributed by atoms with van der Waals surface area (Å²) in [7, 11) is -7.61. The summed E-state index contributed by atoms with van der Waals surface area (Å²) in [5, 5.41) is 3.67. The van der Waals surface area contributed by atoms with Crippen LogP contribution in [-0.2, 0) is 20.0 Å². The highest BCUT2D eigenvalue weighted by Crippen LogP contribution is 2.35. The average Bonchev–Trinajstić information content (AvgIpc) is 2.93. The second-order valence-corrected chi connectivity index (χ2v) is 14.8. The Kier molecular flexibility index (Phi) is 10.2. The van der Waals surface area contributed by atoms with E-state index in [1.807, 2.05) is 13.8 Å². The smallest absolute Gasteiger partial charge is 0.265 e. The number of nitrogens with one attached hydrogen (secondary N) is 2. The van der Waals surface area contributed by atoms with Crippen LogP contribution in [0, 0.1) is 0 Å². The molecule has 0 bridgehead atoms. The first-order chi connectivity index (χ1) is 19.0. The third-order valence-electron chi connectivity index (χ3n) is 6.50. The molecule has 0 unspecified atom stereocenters. The van der Waals surface area contributed by atoms with Gasteiger partial charge in [-0.2, -0.15) is 9.29 Å². The van der Waals surface area contributed by atoms with Crippen LogP contribution in [0.25, 0.3) is 0 Å². The van der Waals surface area contributed by atoms with E-state index in [1.54, 1.807) is 28.6 Å². The maximum atomic E-state index is 13.0. The molecule has 216 valence electrons. The van der Waals surface area contributed by atoms with Crippen molar-refractivity contribution in [1.82, 2.24) is 14.3 Å². The van der Waals surface area contributed by atoms with Crippen LogP contribution in [0.3, 0.4) is 0 Å². The van der Waals surface area contributed by atoms with Crippen molar-refractivity contribution in [1.29, 1.82) is 0 Å². The van der Waals surface area contributed by atoms with Gasteiger partial charge in [-0.05, 0) is 68.1 Å². The van der Waals surface area contributed by atoms with Crippen LogP contribution in [0.5, 0.6) is 0 Å². The van der Waals surface area contributed by atoms with E-state index in [0.717, 1.165) is 37.0 Å². The molecule has 1 saturated heterocycles. The maximum absolute atomic E-state index is 13.0. The van der Waals surface area contributed by atoms with Gasteiger partial charge >= 0.3 is 0 Å². The molecule has 0 saturated carbocycles. The number of hydrogen-bond acceptors (Lipinski definition) is 8. The van der Waals surface area contributed by atoms with Crippen molar-refractivity contribution in [3.8, 4) is 0 Å². The van der Waals surface area contributed by atoms with Crippen LogP contribution in [-0.4, -0.2) is 50.2 Å². The van der Waals surface area contributed by atoms with Gasteiger partial charge in [0, 0.05) is 35.2 Å². The van der Waals surface area contributed by atoms with Gasteiger partial charge in [0.15, 0.2) is 0 Å². The number of piperidine rings is 1. The van der Waals surface area contributed by atoms with E-state index < -0.39 is 20.0 Å². The maximum Gasteiger partial charge on any atom is 0.265 e. The van der Waals surface area contributed by atoms with Crippen LogP contribution < -0.4 is 10.0 Å². The lowest BCUT2D eigenvalue weighted by Gasteiger charge is -2.25. The molecule has 0 aliphatic carbocycles. The predicted molar refractivity (Wildman–Crippen MR) is 160 cm³/mol. The molecule has 1 aliphatic heterocycles. The molecule has 3 aromatic rings. The molecule has 0 amide bonds. The van der Waals surface area contributed by atoms with Crippen molar-refractivity contribution in [2.24, 2.45) is 0 Å². The predicted octanol–water partition coefficient (Wildman–Crippen LogP) is 6.51. The Morgan fingerprint density at radius 3 is 2.27 bits per heavy atom. The van der Waals surface area contributed by atoms with Crippen LogP contribution in [0.4, 0.5) is 11.8 Å². The Morgan fingerprint density at radius 2 is 1.65 bits per heavy atom. The SMILES string of the molecule is CCC(CC)Nc1nc(NS(=O)(=O)c2ccc(Cl)cc2Cl)ncc1Sc1ccc(S(=O)(=O)N2CCCCC2)cc1. The summed E-state index contributed by atoms with van der Waals surface area (Å²) in [6.45, 7) is 5.18. The number of benzene rings is 2. The normalized spacial score (nSPS) is 14.8. The number of rotatable bonds is 11. The highest BCUT2D eigenvalue weighted by molar-refractivity contribution is 7.99. The standard InChI is InChI=1S/C26H31Cl2N5O4S3/c1-3-19(4-2)30-25-23(17-29-26(31-25)32-39(34,35)24-13-8-18(27)16-22(24)28)38-20-9-11-21(12-10-20)40(36,37)33-14-6-5-7-15-33/h8-13,16-17,19H,3-7,14-15H2,1-2H3,(H2,29,30,31,32). The largest absolute Gasteiger partial charge is 0.366 e. The zero-order chi connectivity index (χ0) is 28.9. The molecule has 9 nitrogen and oxygen atoms in total. The van der Waals surface area contributed by atoms with Gasteiger partial charge < -0.3 is 5.32 Å². The van der Waals surface area contributed by atoms with Gasteiger partial charge in [-0.15, -0.1) is 0 Å². The summed E-state index contributed by atoms with van der Waals surface area (Å²) in [4.78, 5) is 10.3. The first-order valence-corrected chi connectivity index (χ1v) is 17.4. The van der Waals surface area contributed by atoms with Crippen LogP contribution in [0.15, 0.2) is 68.2 Å². The van der Waals surface area contributed by atoms with Gasteiger partial charge in [-0.3, -0.25) is 0 Å². The Morgan fingerprint density at radius 1 is 0.975 bits per heavy atom. The molecule has 2 heterocycles. The molecule has 0 atom stereocenters. The van der Waals surface area contributed by atoms with Crippen molar-refractivity contribution in [2.75, 3.05) is 23.1 Å². The van der Waals surface area contributed by atoms with Crippen LogP contribution >= 0.6 is 35.0 Å². The molecular weight excluding hydrogens is 613 g/mol. The van der Waals surface area contributed by atoms with Crippen molar-refractivity contribution in [2.45, 2.75) is 71.6 Å². The lowest BCUT2D eigenvalue weighted by Crippen LogP contribution is -2.35. The van der Waals surface area contributed by atoms with E-state index >= 15 is 0 Å². The Labute approximate surface area is 250 Å². The lowest BCUT2D eigenvalue weighted by atomic mass is 10.2. The summed E-state index contributed by atoms with van der Waals surface area (Å²) in [6.07, 6.45) is 5.98. The van der Waals surface area contributed by atoms with E-state index in [0.29, 0.717) is 28.8 Å². The Bertz CT molecular complexity index is 1550. The zero-order valence-corrected chi connectivity index (χ0v) is 26.1. The molecule has 1 aromatic heterocycles. The summed E-state index contributed by atoms with van der Waals surface area (Å²) in [5.41, 5.74) is 0. The monoisotopic (exact) mass is 643 g/mol. The highest BCUT2D eigenvalue weighted by atomic mass is 35.5. The second-order valence-electron chi connectivity index (χ2n) is 9.28.